The van der Waals surface area contributed by atoms with Crippen LogP contribution in [0.3, 0.4) is 0 Å². The van der Waals surface area contributed by atoms with Crippen LogP contribution in [0.25, 0.3) is 33.2 Å². The van der Waals surface area contributed by atoms with Crippen molar-refractivity contribution in [3.05, 3.63) is 47.3 Å². The van der Waals surface area contributed by atoms with Crippen LogP contribution in [0.5, 0.6) is 0 Å². The first kappa shape index (κ1) is 19.6. The molecule has 0 amide bonds. The van der Waals surface area contributed by atoms with Gasteiger partial charge in [-0.3, -0.25) is 14.6 Å². The van der Waals surface area contributed by atoms with Gasteiger partial charge in [-0.1, -0.05) is 6.92 Å². The highest BCUT2D eigenvalue weighted by Gasteiger charge is 2.30. The largest absolute Gasteiger partial charge is 0.353 e. The summed E-state index contributed by atoms with van der Waals surface area (Å²) in [4.78, 5) is 37.0. The number of fused-ring (bicyclic) bond motifs is 2. The number of aromatic amines is 1. The molecule has 0 spiro atoms. The molecule has 1 fully saturated rings. The number of carbonyl (C=O) groups is 2. The van der Waals surface area contributed by atoms with E-state index >= 15 is 4.39 Å². The number of hydrogen-bond donors (Lipinski definition) is 1. The Balaban J connectivity index is 1.70. The molecule has 7 heteroatoms. The Morgan fingerprint density at radius 3 is 2.77 bits per heavy atom. The second-order valence-electron chi connectivity index (χ2n) is 8.30. The van der Waals surface area contributed by atoms with Crippen LogP contribution in [0.15, 0.2) is 24.4 Å². The Morgan fingerprint density at radius 1 is 1.29 bits per heavy atom. The van der Waals surface area contributed by atoms with Crippen molar-refractivity contribution in [3.63, 3.8) is 0 Å². The first-order valence-electron chi connectivity index (χ1n) is 10.6. The molecular formula is C24H23FN4O2. The number of imidazole rings is 1. The summed E-state index contributed by atoms with van der Waals surface area (Å²) < 4.78 is 17.2. The zero-order chi connectivity index (χ0) is 21.9. The summed E-state index contributed by atoms with van der Waals surface area (Å²) in [5, 5.41) is 0.677. The van der Waals surface area contributed by atoms with Gasteiger partial charge < -0.3 is 9.55 Å². The number of nitrogens with one attached hydrogen (secondary N) is 1. The molecule has 3 aromatic heterocycles. The van der Waals surface area contributed by atoms with Crippen LogP contribution in [0.2, 0.25) is 0 Å². The maximum Gasteiger partial charge on any atom is 0.164 e. The van der Waals surface area contributed by atoms with Crippen molar-refractivity contribution in [2.75, 3.05) is 0 Å². The average Bonchev–Trinajstić information content (AvgIpc) is 3.45. The van der Waals surface area contributed by atoms with Gasteiger partial charge in [0.15, 0.2) is 11.6 Å². The Hall–Kier alpha value is -3.35. The zero-order valence-electron chi connectivity index (χ0n) is 17.8. The predicted octanol–water partition coefficient (Wildman–Crippen LogP) is 4.68. The second-order valence-corrected chi connectivity index (χ2v) is 8.30. The number of rotatable bonds is 6. The lowest BCUT2D eigenvalue weighted by Gasteiger charge is -2.05. The second kappa shape index (κ2) is 7.11. The van der Waals surface area contributed by atoms with Gasteiger partial charge in [0.05, 0.1) is 23.1 Å². The van der Waals surface area contributed by atoms with Crippen LogP contribution < -0.4 is 0 Å². The molecule has 0 atom stereocenters. The van der Waals surface area contributed by atoms with E-state index in [0.29, 0.717) is 50.9 Å². The summed E-state index contributed by atoms with van der Waals surface area (Å²) in [6.45, 7) is 3.63. The van der Waals surface area contributed by atoms with Crippen molar-refractivity contribution in [1.82, 2.24) is 19.5 Å². The van der Waals surface area contributed by atoms with Crippen LogP contribution >= 0.6 is 0 Å². The molecule has 1 aliphatic carbocycles. The number of benzene rings is 1. The summed E-state index contributed by atoms with van der Waals surface area (Å²) in [5.41, 5.74) is 3.68. The standard InChI is InChI=1S/C24H23FN4O2/c1-4-20(30)16-11-26-19(10-21(31)13-5-6-13)23-15(16)9-18(28-23)14-7-8-17-24(22(14)25)29(3)12(2)27-17/h7-9,11,13,28H,4-6,10H2,1-3H3. The van der Waals surface area contributed by atoms with Crippen molar-refractivity contribution < 1.29 is 14.0 Å². The van der Waals surface area contributed by atoms with Crippen molar-refractivity contribution in [2.45, 2.75) is 39.5 Å². The third kappa shape index (κ3) is 3.15. The Bertz CT molecular complexity index is 1380. The highest BCUT2D eigenvalue weighted by molar-refractivity contribution is 6.09. The van der Waals surface area contributed by atoms with Gasteiger partial charge in [-0.15, -0.1) is 0 Å². The highest BCUT2D eigenvalue weighted by Crippen LogP contribution is 2.35. The minimum absolute atomic E-state index is 0.0405. The van der Waals surface area contributed by atoms with E-state index in [2.05, 4.69) is 15.0 Å². The number of carbonyl (C=O) groups excluding carboxylic acids is 2. The van der Waals surface area contributed by atoms with Crippen LogP contribution in [0, 0.1) is 18.7 Å². The molecule has 5 rings (SSSR count). The topological polar surface area (TPSA) is 80.6 Å². The van der Waals surface area contributed by atoms with Crippen LogP contribution in [0.4, 0.5) is 4.39 Å². The smallest absolute Gasteiger partial charge is 0.164 e. The third-order valence-electron chi connectivity index (χ3n) is 6.23. The molecule has 1 saturated carbocycles. The van der Waals surface area contributed by atoms with Crippen LogP contribution in [-0.2, 0) is 18.3 Å². The Labute approximate surface area is 178 Å². The van der Waals surface area contributed by atoms with Gasteiger partial charge in [-0.05, 0) is 38.0 Å². The number of halogens is 1. The molecule has 0 radical (unpaired) electrons. The molecule has 1 N–H and O–H groups in total. The molecule has 4 aromatic rings. The van der Waals surface area contributed by atoms with E-state index in [9.17, 15) is 9.59 Å². The molecule has 0 bridgehead atoms. The molecule has 31 heavy (non-hydrogen) atoms. The number of Topliss-reactive ketones (excluding diaryl/α,β-unsaturated/α-hetero) is 2. The molecule has 0 saturated heterocycles. The van der Waals surface area contributed by atoms with Gasteiger partial charge in [0.2, 0.25) is 0 Å². The van der Waals surface area contributed by atoms with E-state index in [4.69, 9.17) is 0 Å². The monoisotopic (exact) mass is 418 g/mol. The van der Waals surface area contributed by atoms with Crippen molar-refractivity contribution in [3.8, 4) is 11.3 Å². The fourth-order valence-electron chi connectivity index (χ4n) is 4.16. The van der Waals surface area contributed by atoms with E-state index in [1.54, 1.807) is 42.9 Å². The van der Waals surface area contributed by atoms with E-state index in [-0.39, 0.29) is 29.7 Å². The predicted molar refractivity (Wildman–Crippen MR) is 117 cm³/mol. The van der Waals surface area contributed by atoms with Crippen LogP contribution in [0.1, 0.15) is 48.1 Å². The molecule has 0 aliphatic heterocycles. The van der Waals surface area contributed by atoms with Crippen molar-refractivity contribution in [2.24, 2.45) is 13.0 Å². The quantitative estimate of drug-likeness (QED) is 0.461. The lowest BCUT2D eigenvalue weighted by atomic mass is 10.0. The minimum atomic E-state index is -0.376. The molecule has 3 heterocycles. The minimum Gasteiger partial charge on any atom is -0.353 e. The lowest BCUT2D eigenvalue weighted by Crippen LogP contribution is -2.08. The van der Waals surface area contributed by atoms with Crippen molar-refractivity contribution in [1.29, 1.82) is 0 Å². The maximum atomic E-state index is 15.5. The number of pyridine rings is 1. The maximum absolute atomic E-state index is 15.5. The van der Waals surface area contributed by atoms with E-state index < -0.39 is 0 Å². The highest BCUT2D eigenvalue weighted by atomic mass is 19.1. The fraction of sp³-hybridized carbons (Fsp3) is 0.333. The van der Waals surface area contributed by atoms with Gasteiger partial charge in [0, 0.05) is 47.8 Å². The number of hydrogen-bond acceptors (Lipinski definition) is 4. The first-order valence-corrected chi connectivity index (χ1v) is 10.6. The van der Waals surface area contributed by atoms with E-state index in [1.807, 2.05) is 6.92 Å². The SMILES string of the molecule is CCC(=O)c1cnc(CC(=O)C2CC2)c2[nH]c(-c3ccc4nc(C)n(C)c4c3F)cc12. The summed E-state index contributed by atoms with van der Waals surface area (Å²) in [6.07, 6.45) is 3.96. The summed E-state index contributed by atoms with van der Waals surface area (Å²) in [7, 11) is 1.78. The first-order chi connectivity index (χ1) is 14.9. The van der Waals surface area contributed by atoms with E-state index in [0.717, 1.165) is 18.7 Å². The summed E-state index contributed by atoms with van der Waals surface area (Å²) in [6, 6.07) is 5.28. The van der Waals surface area contributed by atoms with Crippen molar-refractivity contribution >= 4 is 33.5 Å². The number of aryl methyl sites for hydroxylation is 2. The normalized spacial score (nSPS) is 13.9. The molecule has 158 valence electrons. The average molecular weight is 418 g/mol. The van der Waals surface area contributed by atoms with Gasteiger partial charge in [-0.25, -0.2) is 9.37 Å². The van der Waals surface area contributed by atoms with Gasteiger partial charge in [-0.2, -0.15) is 0 Å². The molecule has 1 aromatic carbocycles. The third-order valence-corrected chi connectivity index (χ3v) is 6.23. The Morgan fingerprint density at radius 2 is 2.06 bits per heavy atom. The summed E-state index contributed by atoms with van der Waals surface area (Å²) >= 11 is 0. The molecule has 6 nitrogen and oxygen atoms in total. The number of aromatic nitrogens is 4. The van der Waals surface area contributed by atoms with Gasteiger partial charge >= 0.3 is 0 Å². The number of ketones is 2. The number of H-pyrrole nitrogens is 1. The molecule has 1 aliphatic rings. The Kier molecular flexibility index (Phi) is 4.50. The van der Waals surface area contributed by atoms with Crippen LogP contribution in [-0.4, -0.2) is 31.1 Å². The van der Waals surface area contributed by atoms with Gasteiger partial charge in [0.1, 0.15) is 17.1 Å². The summed E-state index contributed by atoms with van der Waals surface area (Å²) in [5.74, 6) is 0.595. The zero-order valence-corrected chi connectivity index (χ0v) is 17.8. The fourth-order valence-corrected chi connectivity index (χ4v) is 4.16. The molecule has 0 unspecified atom stereocenters. The van der Waals surface area contributed by atoms with E-state index in [1.165, 1.54) is 0 Å². The molecular weight excluding hydrogens is 395 g/mol. The lowest BCUT2D eigenvalue weighted by molar-refractivity contribution is -0.119. The van der Waals surface area contributed by atoms with Gasteiger partial charge in [0.25, 0.3) is 0 Å². The number of nitrogens with zero attached hydrogens (tertiary/aromatic N) is 3.